The zero-order valence-corrected chi connectivity index (χ0v) is 12.4. The van der Waals surface area contributed by atoms with Crippen LogP contribution in [0.15, 0.2) is 12.1 Å². The summed E-state index contributed by atoms with van der Waals surface area (Å²) >= 11 is 0. The summed E-state index contributed by atoms with van der Waals surface area (Å²) in [4.78, 5) is 2.23. The van der Waals surface area contributed by atoms with Crippen LogP contribution in [0, 0.1) is 6.92 Å². The summed E-state index contributed by atoms with van der Waals surface area (Å²) in [5.74, 6) is 0.191. The summed E-state index contributed by atoms with van der Waals surface area (Å²) in [5.41, 5.74) is 5.08. The van der Waals surface area contributed by atoms with Crippen LogP contribution in [0.4, 0.5) is 5.69 Å². The van der Waals surface area contributed by atoms with E-state index in [1.54, 1.807) is 0 Å². The number of fused-ring (bicyclic) bond motifs is 1. The molecule has 1 aliphatic rings. The van der Waals surface area contributed by atoms with Crippen LogP contribution in [0.25, 0.3) is 0 Å². The number of aliphatic hydroxyl groups is 1. The van der Waals surface area contributed by atoms with Crippen molar-refractivity contribution in [3.63, 3.8) is 0 Å². The minimum Gasteiger partial charge on any atom is -0.390 e. The van der Waals surface area contributed by atoms with E-state index in [4.69, 9.17) is 0 Å². The molecule has 100 valence electrons. The second-order valence-corrected chi connectivity index (χ2v) is 6.14. The van der Waals surface area contributed by atoms with Crippen molar-refractivity contribution < 1.29 is 5.11 Å². The molecule has 0 spiro atoms. The lowest BCUT2D eigenvalue weighted by molar-refractivity contribution is 0.0724. The van der Waals surface area contributed by atoms with Gasteiger partial charge < -0.3 is 10.0 Å². The predicted molar refractivity (Wildman–Crippen MR) is 77.5 cm³/mol. The first-order valence-corrected chi connectivity index (χ1v) is 6.86. The van der Waals surface area contributed by atoms with E-state index in [0.717, 1.165) is 6.42 Å². The van der Waals surface area contributed by atoms with Gasteiger partial charge in [-0.2, -0.15) is 0 Å². The molecule has 0 aliphatic carbocycles. The third-order valence-electron chi connectivity index (χ3n) is 4.78. The minimum absolute atomic E-state index is 0.191. The van der Waals surface area contributed by atoms with E-state index in [0.29, 0.717) is 0 Å². The fraction of sp³-hybridized carbons (Fsp3) is 0.625. The molecule has 0 saturated heterocycles. The van der Waals surface area contributed by atoms with Gasteiger partial charge in [0.1, 0.15) is 0 Å². The quantitative estimate of drug-likeness (QED) is 0.823. The second kappa shape index (κ2) is 4.27. The Labute approximate surface area is 111 Å². The van der Waals surface area contributed by atoms with Crippen LogP contribution < -0.4 is 4.90 Å². The Hall–Kier alpha value is -1.02. The molecule has 1 aromatic rings. The Morgan fingerprint density at radius 1 is 1.33 bits per heavy atom. The maximum Gasteiger partial charge on any atom is 0.0832 e. The lowest BCUT2D eigenvalue weighted by Crippen LogP contribution is -2.56. The van der Waals surface area contributed by atoms with Gasteiger partial charge in [0.2, 0.25) is 0 Å². The van der Waals surface area contributed by atoms with E-state index in [2.05, 4.69) is 58.7 Å². The highest BCUT2D eigenvalue weighted by Gasteiger charge is 2.42. The number of aliphatic hydroxyl groups excluding tert-OH is 1. The first-order chi connectivity index (χ1) is 8.30. The van der Waals surface area contributed by atoms with Crippen LogP contribution in [-0.4, -0.2) is 23.8 Å². The fourth-order valence-corrected chi connectivity index (χ4v) is 3.09. The van der Waals surface area contributed by atoms with E-state index in [9.17, 15) is 5.11 Å². The fourth-order valence-electron chi connectivity index (χ4n) is 3.09. The van der Waals surface area contributed by atoms with Crippen molar-refractivity contribution >= 4 is 5.69 Å². The summed E-state index contributed by atoms with van der Waals surface area (Å²) < 4.78 is 0. The molecule has 2 atom stereocenters. The van der Waals surface area contributed by atoms with Crippen molar-refractivity contribution in [1.82, 2.24) is 0 Å². The van der Waals surface area contributed by atoms with Gasteiger partial charge in [-0.1, -0.05) is 19.9 Å². The number of aryl methyl sites for hydroxylation is 2. The summed E-state index contributed by atoms with van der Waals surface area (Å²) in [6, 6.07) is 4.56. The van der Waals surface area contributed by atoms with Gasteiger partial charge in [-0.15, -0.1) is 0 Å². The number of hydrogen-bond acceptors (Lipinski definition) is 2. The van der Waals surface area contributed by atoms with Crippen LogP contribution in [0.3, 0.4) is 0 Å². The topological polar surface area (TPSA) is 23.5 Å². The van der Waals surface area contributed by atoms with Gasteiger partial charge >= 0.3 is 0 Å². The Kier molecular flexibility index (Phi) is 3.18. The van der Waals surface area contributed by atoms with Crippen molar-refractivity contribution in [2.24, 2.45) is 0 Å². The molecule has 0 fully saturated rings. The molecule has 2 rings (SSSR count). The molecular weight excluding hydrogens is 222 g/mol. The Balaban J connectivity index is 2.63. The van der Waals surface area contributed by atoms with Gasteiger partial charge in [0.05, 0.1) is 11.6 Å². The lowest BCUT2D eigenvalue weighted by Gasteiger charge is -2.49. The molecule has 0 aromatic heterocycles. The third kappa shape index (κ3) is 1.74. The first kappa shape index (κ1) is 13.4. The zero-order chi connectivity index (χ0) is 13.7. The van der Waals surface area contributed by atoms with Gasteiger partial charge in [0.25, 0.3) is 0 Å². The summed E-state index contributed by atoms with van der Waals surface area (Å²) in [7, 11) is 2.09. The summed E-state index contributed by atoms with van der Waals surface area (Å²) in [6.45, 7) is 10.7. The highest BCUT2D eigenvalue weighted by Crippen LogP contribution is 2.43. The lowest BCUT2D eigenvalue weighted by atomic mass is 9.76. The molecule has 18 heavy (non-hydrogen) atoms. The third-order valence-corrected chi connectivity index (χ3v) is 4.78. The molecule has 0 saturated carbocycles. The number of benzene rings is 1. The minimum atomic E-state index is -0.332. The van der Waals surface area contributed by atoms with E-state index >= 15 is 0 Å². The average Bonchev–Trinajstić information content (AvgIpc) is 2.34. The maximum absolute atomic E-state index is 10.5. The summed E-state index contributed by atoms with van der Waals surface area (Å²) in [5, 5.41) is 10.5. The Morgan fingerprint density at radius 3 is 2.50 bits per heavy atom. The Bertz CT molecular complexity index is 464. The monoisotopic (exact) mass is 247 g/mol. The van der Waals surface area contributed by atoms with Crippen molar-refractivity contribution in [3.05, 3.63) is 28.8 Å². The highest BCUT2D eigenvalue weighted by molar-refractivity contribution is 5.63. The maximum atomic E-state index is 10.5. The first-order valence-electron chi connectivity index (χ1n) is 6.86. The number of likely N-dealkylation sites (N-methyl/N-ethyl adjacent to an activating group) is 1. The largest absolute Gasteiger partial charge is 0.390 e. The Morgan fingerprint density at radius 2 is 1.94 bits per heavy atom. The number of hydrogen-bond donors (Lipinski definition) is 1. The molecule has 2 unspecified atom stereocenters. The average molecular weight is 247 g/mol. The molecule has 0 radical (unpaired) electrons. The van der Waals surface area contributed by atoms with Gasteiger partial charge in [0, 0.05) is 18.7 Å². The van der Waals surface area contributed by atoms with Gasteiger partial charge in [-0.25, -0.2) is 0 Å². The van der Waals surface area contributed by atoms with Crippen molar-refractivity contribution in [2.75, 3.05) is 11.9 Å². The molecule has 1 aliphatic heterocycles. The van der Waals surface area contributed by atoms with E-state index in [1.165, 1.54) is 22.4 Å². The number of rotatable bonds is 1. The predicted octanol–water partition coefficient (Wildman–Crippen LogP) is 3.25. The smallest absolute Gasteiger partial charge is 0.0832 e. The molecule has 1 N–H and O–H groups in total. The van der Waals surface area contributed by atoms with Gasteiger partial charge in [0.15, 0.2) is 0 Å². The molecule has 0 bridgehead atoms. The second-order valence-electron chi connectivity index (χ2n) is 6.14. The van der Waals surface area contributed by atoms with E-state index < -0.39 is 0 Å². The van der Waals surface area contributed by atoms with Crippen LogP contribution in [0.5, 0.6) is 0 Å². The van der Waals surface area contributed by atoms with E-state index in [-0.39, 0.29) is 17.6 Å². The molecule has 0 amide bonds. The number of nitrogens with zero attached hydrogens (tertiary/aromatic N) is 1. The van der Waals surface area contributed by atoms with Crippen molar-refractivity contribution in [1.29, 1.82) is 0 Å². The SMILES string of the molecule is CCc1cc2c(cc1C)C(C)C(O)C(C)(C)N2C. The van der Waals surface area contributed by atoms with Gasteiger partial charge in [-0.05, 0) is 49.9 Å². The van der Waals surface area contributed by atoms with Gasteiger partial charge in [-0.3, -0.25) is 0 Å². The van der Waals surface area contributed by atoms with Crippen LogP contribution in [0.1, 0.15) is 50.3 Å². The van der Waals surface area contributed by atoms with Crippen LogP contribution >= 0.6 is 0 Å². The molecule has 2 nitrogen and oxygen atoms in total. The molecular formula is C16H25NO. The normalized spacial score (nSPS) is 26.1. The highest BCUT2D eigenvalue weighted by atomic mass is 16.3. The number of anilines is 1. The molecule has 1 aromatic carbocycles. The van der Waals surface area contributed by atoms with Crippen molar-refractivity contribution in [2.45, 2.75) is 58.6 Å². The van der Waals surface area contributed by atoms with Crippen LogP contribution in [0.2, 0.25) is 0 Å². The molecule has 2 heteroatoms. The summed E-state index contributed by atoms with van der Waals surface area (Å²) in [6.07, 6.45) is 0.728. The zero-order valence-electron chi connectivity index (χ0n) is 12.4. The van der Waals surface area contributed by atoms with Crippen LogP contribution in [-0.2, 0) is 6.42 Å². The standard InChI is InChI=1S/C16H25NO/c1-7-12-9-14-13(8-10(12)2)11(3)15(18)16(4,5)17(14)6/h8-9,11,15,18H,7H2,1-6H3. The van der Waals surface area contributed by atoms with Crippen molar-refractivity contribution in [3.8, 4) is 0 Å². The molecule has 1 heterocycles. The van der Waals surface area contributed by atoms with E-state index in [1.807, 2.05) is 0 Å².